The van der Waals surface area contributed by atoms with Gasteiger partial charge in [-0.15, -0.1) is 0 Å². The molecule has 5 rings (SSSR count). The highest BCUT2D eigenvalue weighted by Crippen LogP contribution is 2.44. The van der Waals surface area contributed by atoms with Crippen molar-refractivity contribution >= 4 is 69.1 Å². The minimum absolute atomic E-state index is 0.0193. The van der Waals surface area contributed by atoms with E-state index in [1.807, 2.05) is 4.90 Å². The predicted molar refractivity (Wildman–Crippen MR) is 157 cm³/mol. The number of nitrogens with zero attached hydrogens (tertiary/aromatic N) is 3. The first-order valence-corrected chi connectivity index (χ1v) is 13.8. The maximum Gasteiger partial charge on any atom is 0.255 e. The van der Waals surface area contributed by atoms with Gasteiger partial charge in [0.25, 0.3) is 5.91 Å². The Kier molecular flexibility index (Phi) is 8.23. The number of amides is 2. The zero-order chi connectivity index (χ0) is 26.8. The van der Waals surface area contributed by atoms with E-state index >= 15 is 0 Å². The molecule has 1 saturated heterocycles. The third kappa shape index (κ3) is 5.27. The minimum Gasteiger partial charge on any atom is -0.492 e. The number of fused-ring (bicyclic) bond motifs is 1. The highest BCUT2D eigenvalue weighted by atomic mass is 127. The summed E-state index contributed by atoms with van der Waals surface area (Å²) in [5.74, 6) is -0.574. The van der Waals surface area contributed by atoms with Crippen molar-refractivity contribution < 1.29 is 21.8 Å². The van der Waals surface area contributed by atoms with Crippen molar-refractivity contribution in [1.29, 1.82) is 0 Å². The average molecular weight is 746 g/mol. The van der Waals surface area contributed by atoms with Crippen molar-refractivity contribution in [3.63, 3.8) is 0 Å². The summed E-state index contributed by atoms with van der Waals surface area (Å²) in [6.07, 6.45) is 3.43. The molecular weight excluding hydrogens is 721 g/mol. The number of carbonyl (C=O) groups excluding carboxylic acids is 2. The Hall–Kier alpha value is -2.66. The monoisotopic (exact) mass is 746 g/mol. The molecular formula is C25H25FI2N6O4. The predicted octanol–water partition coefficient (Wildman–Crippen LogP) is 4.41. The molecule has 0 saturated carbocycles. The van der Waals surface area contributed by atoms with Crippen molar-refractivity contribution in [2.24, 2.45) is 0 Å². The number of pyridine rings is 1. The van der Waals surface area contributed by atoms with Gasteiger partial charge in [-0.3, -0.25) is 14.6 Å². The Balaban J connectivity index is 1.59. The molecule has 4 heterocycles. The number of aromatic amines is 1. The molecule has 2 aromatic heterocycles. The van der Waals surface area contributed by atoms with Gasteiger partial charge < -0.3 is 28.3 Å². The van der Waals surface area contributed by atoms with Crippen LogP contribution in [0.3, 0.4) is 0 Å². The molecule has 3 aromatic rings. The molecule has 2 amide bonds. The highest BCUT2D eigenvalue weighted by Gasteiger charge is 2.35. The van der Waals surface area contributed by atoms with Gasteiger partial charge in [-0.05, 0) is 18.2 Å². The molecule has 2 aliphatic heterocycles. The van der Waals surface area contributed by atoms with E-state index in [1.165, 1.54) is 13.2 Å². The standard InChI is InChI=1S/C25H25FI2N6O4/c1-37-24-16(26)3-2-4-17(24)31-23-20-21(32-22(23)15-5-6-29-13-18(15)38-28)14(12-30-25(20)36)11-19(35)33-7-9-34(27)10-8-33/h2-6,13-14,31-32H,7-12H2,1H3,(H,30,36). The smallest absolute Gasteiger partial charge is 0.255 e. The third-order valence-electron chi connectivity index (χ3n) is 6.74. The van der Waals surface area contributed by atoms with Crippen LogP contribution >= 0.6 is 45.9 Å². The van der Waals surface area contributed by atoms with E-state index in [1.54, 1.807) is 53.6 Å². The fourth-order valence-corrected chi connectivity index (χ4v) is 5.62. The SMILES string of the molecule is COc1c(F)cccc1Nc1c(-c2ccncc2OI)[nH]c2c1C(=O)NCC2CC(=O)N1CCN(I)CC1. The number of aromatic nitrogens is 2. The Morgan fingerprint density at radius 2 is 2.05 bits per heavy atom. The van der Waals surface area contributed by atoms with Crippen LogP contribution in [-0.2, 0) is 4.79 Å². The Morgan fingerprint density at radius 1 is 1.26 bits per heavy atom. The molecule has 1 fully saturated rings. The molecule has 1 unspecified atom stereocenters. The lowest BCUT2D eigenvalue weighted by molar-refractivity contribution is -0.132. The maximum atomic E-state index is 14.5. The highest BCUT2D eigenvalue weighted by molar-refractivity contribution is 14.1. The van der Waals surface area contributed by atoms with Gasteiger partial charge in [0.2, 0.25) is 5.91 Å². The summed E-state index contributed by atoms with van der Waals surface area (Å²) in [6.45, 7) is 3.29. The van der Waals surface area contributed by atoms with E-state index in [4.69, 9.17) is 7.80 Å². The number of piperazine rings is 1. The van der Waals surface area contributed by atoms with Crippen LogP contribution in [0.5, 0.6) is 11.5 Å². The molecule has 10 nitrogen and oxygen atoms in total. The van der Waals surface area contributed by atoms with Crippen molar-refractivity contribution in [3.8, 4) is 22.8 Å². The van der Waals surface area contributed by atoms with Crippen molar-refractivity contribution in [2.45, 2.75) is 12.3 Å². The van der Waals surface area contributed by atoms with E-state index in [9.17, 15) is 14.0 Å². The number of carbonyl (C=O) groups is 2. The number of anilines is 2. The van der Waals surface area contributed by atoms with Crippen LogP contribution in [0, 0.1) is 5.82 Å². The summed E-state index contributed by atoms with van der Waals surface area (Å²) < 4.78 is 27.5. The topological polar surface area (TPSA) is 112 Å². The number of benzene rings is 1. The number of hydrogen-bond acceptors (Lipinski definition) is 7. The van der Waals surface area contributed by atoms with Gasteiger partial charge in [0, 0.05) is 85.4 Å². The zero-order valence-electron chi connectivity index (χ0n) is 20.4. The second-order valence-electron chi connectivity index (χ2n) is 8.96. The van der Waals surface area contributed by atoms with E-state index in [0.29, 0.717) is 59.3 Å². The van der Waals surface area contributed by atoms with Gasteiger partial charge in [-0.25, -0.2) is 7.50 Å². The Labute approximate surface area is 246 Å². The molecule has 0 radical (unpaired) electrons. The van der Waals surface area contributed by atoms with Gasteiger partial charge in [-0.1, -0.05) is 6.07 Å². The average Bonchev–Trinajstić information content (AvgIpc) is 3.30. The summed E-state index contributed by atoms with van der Waals surface area (Å²) in [7, 11) is 1.38. The number of halogens is 3. The van der Waals surface area contributed by atoms with Crippen LogP contribution in [0.4, 0.5) is 15.8 Å². The summed E-state index contributed by atoms with van der Waals surface area (Å²) >= 11 is 4.05. The van der Waals surface area contributed by atoms with E-state index in [2.05, 4.69) is 46.6 Å². The van der Waals surface area contributed by atoms with Crippen LogP contribution in [0.2, 0.25) is 0 Å². The largest absolute Gasteiger partial charge is 0.492 e. The molecule has 1 atom stereocenters. The lowest BCUT2D eigenvalue weighted by Gasteiger charge is -2.33. The van der Waals surface area contributed by atoms with E-state index in [0.717, 1.165) is 13.1 Å². The first-order valence-electron chi connectivity index (χ1n) is 12.0. The Bertz CT molecular complexity index is 1360. The molecule has 2 aliphatic rings. The van der Waals surface area contributed by atoms with Crippen molar-refractivity contribution in [3.05, 3.63) is 53.7 Å². The molecule has 0 aliphatic carbocycles. The van der Waals surface area contributed by atoms with Crippen LogP contribution in [0.1, 0.15) is 28.4 Å². The summed E-state index contributed by atoms with van der Waals surface area (Å²) in [5.41, 5.74) is 2.99. The molecule has 200 valence electrons. The van der Waals surface area contributed by atoms with Crippen LogP contribution in [0.15, 0.2) is 36.7 Å². The van der Waals surface area contributed by atoms with Crippen LogP contribution < -0.4 is 18.4 Å². The number of para-hydroxylation sites is 1. The number of nitrogens with one attached hydrogen (secondary N) is 3. The first kappa shape index (κ1) is 26.9. The lowest BCUT2D eigenvalue weighted by atomic mass is 9.92. The normalized spacial score (nSPS) is 17.5. The Morgan fingerprint density at radius 3 is 2.79 bits per heavy atom. The van der Waals surface area contributed by atoms with Crippen LogP contribution in [-0.4, -0.2) is 69.6 Å². The maximum absolute atomic E-state index is 14.5. The van der Waals surface area contributed by atoms with Crippen LogP contribution in [0.25, 0.3) is 11.3 Å². The van der Waals surface area contributed by atoms with Gasteiger partial charge >= 0.3 is 0 Å². The number of H-pyrrole nitrogens is 1. The molecule has 13 heteroatoms. The number of ether oxygens (including phenoxy) is 1. The van der Waals surface area contributed by atoms with Gasteiger partial charge in [0.1, 0.15) is 0 Å². The van der Waals surface area contributed by atoms with Gasteiger partial charge in [0.15, 0.2) is 40.3 Å². The number of methoxy groups -OCH3 is 1. The molecule has 38 heavy (non-hydrogen) atoms. The fraction of sp³-hybridized carbons (Fsp3) is 0.320. The quantitative estimate of drug-likeness (QED) is 0.243. The van der Waals surface area contributed by atoms with Gasteiger partial charge in [-0.2, -0.15) is 0 Å². The molecule has 0 spiro atoms. The summed E-state index contributed by atoms with van der Waals surface area (Å²) in [5, 5.41) is 6.16. The zero-order valence-corrected chi connectivity index (χ0v) is 24.7. The lowest BCUT2D eigenvalue weighted by Crippen LogP contribution is -2.46. The second kappa shape index (κ2) is 11.6. The number of rotatable bonds is 7. The fourth-order valence-electron chi connectivity index (χ4n) is 4.84. The molecule has 0 bridgehead atoms. The third-order valence-corrected chi connectivity index (χ3v) is 8.18. The summed E-state index contributed by atoms with van der Waals surface area (Å²) in [6, 6.07) is 6.29. The van der Waals surface area contributed by atoms with E-state index < -0.39 is 5.82 Å². The molecule has 3 N–H and O–H groups in total. The van der Waals surface area contributed by atoms with Crippen molar-refractivity contribution in [1.82, 2.24) is 23.3 Å². The first-order chi connectivity index (χ1) is 18.4. The summed E-state index contributed by atoms with van der Waals surface area (Å²) in [4.78, 5) is 35.9. The minimum atomic E-state index is -0.539. The molecule has 1 aromatic carbocycles. The second-order valence-corrected chi connectivity index (χ2v) is 10.8. The van der Waals surface area contributed by atoms with Crippen molar-refractivity contribution in [2.75, 3.05) is 45.2 Å². The van der Waals surface area contributed by atoms with Gasteiger partial charge in [0.05, 0.1) is 35.9 Å². The number of hydrogen-bond donors (Lipinski definition) is 3. The van der Waals surface area contributed by atoms with E-state index in [-0.39, 0.29) is 29.9 Å².